The summed E-state index contributed by atoms with van der Waals surface area (Å²) in [5, 5.41) is 2.15. The number of methoxy groups -OCH3 is 1. The van der Waals surface area contributed by atoms with Crippen LogP contribution in [0.25, 0.3) is 0 Å². The first-order valence-corrected chi connectivity index (χ1v) is 8.07. The average molecular weight is 282 g/mol. The van der Waals surface area contributed by atoms with E-state index in [0.29, 0.717) is 6.54 Å². The topological polar surface area (TPSA) is 38.5 Å². The van der Waals surface area contributed by atoms with Crippen molar-refractivity contribution in [3.63, 3.8) is 0 Å². The van der Waals surface area contributed by atoms with Gasteiger partial charge in [0.15, 0.2) is 0 Å². The van der Waals surface area contributed by atoms with Crippen molar-refractivity contribution in [2.24, 2.45) is 5.73 Å². The summed E-state index contributed by atoms with van der Waals surface area (Å²) in [4.78, 5) is 3.89. The zero-order chi connectivity index (χ0) is 13.7. The molecule has 0 aliphatic heterocycles. The van der Waals surface area contributed by atoms with Gasteiger partial charge in [0, 0.05) is 25.1 Å². The Morgan fingerprint density at radius 1 is 1.53 bits per heavy atom. The summed E-state index contributed by atoms with van der Waals surface area (Å²) in [7, 11) is 4.03. The summed E-state index contributed by atoms with van der Waals surface area (Å²) in [6.07, 6.45) is 6.20. The van der Waals surface area contributed by atoms with E-state index in [1.165, 1.54) is 17.7 Å². The van der Waals surface area contributed by atoms with Crippen molar-refractivity contribution in [2.45, 2.75) is 43.7 Å². The normalized spacial score (nSPS) is 27.9. The van der Waals surface area contributed by atoms with Crippen molar-refractivity contribution < 1.29 is 4.74 Å². The second-order valence-electron chi connectivity index (χ2n) is 5.53. The van der Waals surface area contributed by atoms with E-state index < -0.39 is 0 Å². The highest BCUT2D eigenvalue weighted by molar-refractivity contribution is 7.09. The Kier molecular flexibility index (Phi) is 5.39. The van der Waals surface area contributed by atoms with Crippen LogP contribution < -0.4 is 5.73 Å². The van der Waals surface area contributed by atoms with Gasteiger partial charge in [0.2, 0.25) is 0 Å². The van der Waals surface area contributed by atoms with Crippen LogP contribution in [0.3, 0.4) is 0 Å². The Morgan fingerprint density at radius 3 is 3.00 bits per heavy atom. The van der Waals surface area contributed by atoms with E-state index in [1.807, 2.05) is 18.4 Å². The second kappa shape index (κ2) is 6.84. The average Bonchev–Trinajstić information content (AvgIpc) is 2.97. The van der Waals surface area contributed by atoms with Crippen LogP contribution in [0.4, 0.5) is 0 Å². The summed E-state index contributed by atoms with van der Waals surface area (Å²) in [5.41, 5.74) is 6.17. The lowest BCUT2D eigenvalue weighted by atomic mass is 9.77. The SMILES string of the molecule is COC1CCCCC1(CN)N(C)CCc1cccs1. The maximum Gasteiger partial charge on any atom is 0.0767 e. The standard InChI is InChI=1S/C15H26N2OS/c1-17(10-8-13-6-5-11-19-13)15(12-16)9-4-3-7-14(15)18-2/h5-6,11,14H,3-4,7-10,12,16H2,1-2H3. The zero-order valence-corrected chi connectivity index (χ0v) is 12.9. The molecule has 1 heterocycles. The molecule has 1 aliphatic rings. The quantitative estimate of drug-likeness (QED) is 0.871. The number of hydrogen-bond acceptors (Lipinski definition) is 4. The molecule has 2 rings (SSSR count). The van der Waals surface area contributed by atoms with Crippen LogP contribution in [0.5, 0.6) is 0 Å². The predicted octanol–water partition coefficient (Wildman–Crippen LogP) is 2.51. The highest BCUT2D eigenvalue weighted by Gasteiger charge is 2.43. The minimum absolute atomic E-state index is 0.0320. The van der Waals surface area contributed by atoms with Gasteiger partial charge in [-0.3, -0.25) is 4.90 Å². The van der Waals surface area contributed by atoms with Gasteiger partial charge in [-0.15, -0.1) is 11.3 Å². The molecule has 1 saturated carbocycles. The molecular formula is C15H26N2OS. The van der Waals surface area contributed by atoms with Crippen LogP contribution in [-0.4, -0.2) is 43.8 Å². The fourth-order valence-electron chi connectivity index (χ4n) is 3.31. The number of rotatable bonds is 6. The number of nitrogens with two attached hydrogens (primary N) is 1. The number of nitrogens with zero attached hydrogens (tertiary/aromatic N) is 1. The number of hydrogen-bond donors (Lipinski definition) is 1. The van der Waals surface area contributed by atoms with Crippen molar-refractivity contribution in [2.75, 3.05) is 27.2 Å². The van der Waals surface area contributed by atoms with Gasteiger partial charge in [-0.25, -0.2) is 0 Å². The second-order valence-corrected chi connectivity index (χ2v) is 6.56. The molecular weight excluding hydrogens is 256 g/mol. The molecule has 1 aromatic rings. The maximum atomic E-state index is 6.14. The van der Waals surface area contributed by atoms with Crippen molar-refractivity contribution in [1.82, 2.24) is 4.90 Å². The summed E-state index contributed by atoms with van der Waals surface area (Å²) in [6.45, 7) is 1.74. The molecule has 2 atom stereocenters. The molecule has 108 valence electrons. The molecule has 1 fully saturated rings. The summed E-state index contributed by atoms with van der Waals surface area (Å²) < 4.78 is 5.74. The third-order valence-electron chi connectivity index (χ3n) is 4.60. The van der Waals surface area contributed by atoms with Gasteiger partial charge in [0.05, 0.1) is 11.6 Å². The van der Waals surface area contributed by atoms with Crippen LogP contribution in [0.1, 0.15) is 30.6 Å². The van der Waals surface area contributed by atoms with E-state index in [2.05, 4.69) is 29.5 Å². The third-order valence-corrected chi connectivity index (χ3v) is 5.53. The van der Waals surface area contributed by atoms with Gasteiger partial charge in [-0.1, -0.05) is 18.9 Å². The highest BCUT2D eigenvalue weighted by Crippen LogP contribution is 2.34. The van der Waals surface area contributed by atoms with Gasteiger partial charge in [0.1, 0.15) is 0 Å². The molecule has 2 N–H and O–H groups in total. The van der Waals surface area contributed by atoms with E-state index in [9.17, 15) is 0 Å². The zero-order valence-electron chi connectivity index (χ0n) is 12.1. The van der Waals surface area contributed by atoms with Crippen LogP contribution in [-0.2, 0) is 11.2 Å². The summed E-state index contributed by atoms with van der Waals surface area (Å²) in [5.74, 6) is 0. The van der Waals surface area contributed by atoms with Gasteiger partial charge in [-0.2, -0.15) is 0 Å². The Bertz CT molecular complexity index is 368. The van der Waals surface area contributed by atoms with Crippen LogP contribution in [0.15, 0.2) is 17.5 Å². The van der Waals surface area contributed by atoms with Gasteiger partial charge >= 0.3 is 0 Å². The smallest absolute Gasteiger partial charge is 0.0767 e. The largest absolute Gasteiger partial charge is 0.379 e. The first-order valence-electron chi connectivity index (χ1n) is 7.19. The molecule has 0 saturated heterocycles. The molecule has 1 aliphatic carbocycles. The van der Waals surface area contributed by atoms with Crippen molar-refractivity contribution in [3.05, 3.63) is 22.4 Å². The van der Waals surface area contributed by atoms with Crippen molar-refractivity contribution in [3.8, 4) is 0 Å². The number of likely N-dealkylation sites (N-methyl/N-ethyl adjacent to an activating group) is 1. The van der Waals surface area contributed by atoms with E-state index in [1.54, 1.807) is 0 Å². The number of thiophene rings is 1. The van der Waals surface area contributed by atoms with Gasteiger partial charge in [0.25, 0.3) is 0 Å². The van der Waals surface area contributed by atoms with E-state index in [4.69, 9.17) is 10.5 Å². The van der Waals surface area contributed by atoms with Crippen molar-refractivity contribution in [1.29, 1.82) is 0 Å². The lowest BCUT2D eigenvalue weighted by Gasteiger charge is -2.48. The molecule has 0 bridgehead atoms. The van der Waals surface area contributed by atoms with E-state index >= 15 is 0 Å². The molecule has 4 heteroatoms. The Morgan fingerprint density at radius 2 is 2.37 bits per heavy atom. The number of ether oxygens (including phenoxy) is 1. The molecule has 19 heavy (non-hydrogen) atoms. The minimum Gasteiger partial charge on any atom is -0.379 e. The van der Waals surface area contributed by atoms with Crippen molar-refractivity contribution >= 4 is 11.3 Å². The lowest BCUT2D eigenvalue weighted by Crippen LogP contribution is -2.62. The Labute approximate surface area is 120 Å². The monoisotopic (exact) mass is 282 g/mol. The molecule has 0 aromatic carbocycles. The van der Waals surface area contributed by atoms with Crippen LogP contribution >= 0.6 is 11.3 Å². The molecule has 1 aromatic heterocycles. The van der Waals surface area contributed by atoms with E-state index in [-0.39, 0.29) is 11.6 Å². The van der Waals surface area contributed by atoms with Gasteiger partial charge < -0.3 is 10.5 Å². The minimum atomic E-state index is 0.0320. The molecule has 0 amide bonds. The van der Waals surface area contributed by atoms with Crippen LogP contribution in [0, 0.1) is 0 Å². The first kappa shape index (κ1) is 15.0. The Hall–Kier alpha value is -0.420. The molecule has 2 unspecified atom stereocenters. The Balaban J connectivity index is 2.01. The fraction of sp³-hybridized carbons (Fsp3) is 0.733. The maximum absolute atomic E-state index is 6.14. The summed E-state index contributed by atoms with van der Waals surface area (Å²) >= 11 is 1.84. The van der Waals surface area contributed by atoms with Crippen LogP contribution in [0.2, 0.25) is 0 Å². The highest BCUT2D eigenvalue weighted by atomic mass is 32.1. The fourth-order valence-corrected chi connectivity index (χ4v) is 4.01. The molecule has 0 radical (unpaired) electrons. The third kappa shape index (κ3) is 3.19. The summed E-state index contributed by atoms with van der Waals surface area (Å²) in [6, 6.07) is 4.33. The first-order chi connectivity index (χ1) is 9.23. The predicted molar refractivity (Wildman–Crippen MR) is 81.7 cm³/mol. The van der Waals surface area contributed by atoms with E-state index in [0.717, 1.165) is 25.8 Å². The molecule has 3 nitrogen and oxygen atoms in total. The lowest BCUT2D eigenvalue weighted by molar-refractivity contribution is -0.0651. The molecule has 0 spiro atoms. The van der Waals surface area contributed by atoms with Gasteiger partial charge in [-0.05, 0) is 37.8 Å².